The van der Waals surface area contributed by atoms with Gasteiger partial charge in [-0.05, 0) is 6.07 Å². The van der Waals surface area contributed by atoms with Crippen molar-refractivity contribution in [2.24, 2.45) is 5.73 Å². The second-order valence-electron chi connectivity index (χ2n) is 3.20. The Hall–Kier alpha value is -1.83. The van der Waals surface area contributed by atoms with E-state index in [4.69, 9.17) is 5.73 Å². The van der Waals surface area contributed by atoms with Crippen LogP contribution in [0.15, 0.2) is 18.2 Å². The van der Waals surface area contributed by atoms with E-state index in [1.165, 1.54) is 0 Å². The Balaban J connectivity index is 3.22. The Morgan fingerprint density at radius 3 is 2.47 bits per heavy atom. The van der Waals surface area contributed by atoms with Crippen molar-refractivity contribution in [3.05, 3.63) is 33.9 Å². The van der Waals surface area contributed by atoms with E-state index in [2.05, 4.69) is 4.74 Å². The van der Waals surface area contributed by atoms with Crippen LogP contribution in [0.5, 0.6) is 5.75 Å². The quantitative estimate of drug-likeness (QED) is 0.658. The fourth-order valence-corrected chi connectivity index (χ4v) is 1.25. The molecule has 0 bridgehead atoms. The third-order valence-electron chi connectivity index (χ3n) is 2.12. The zero-order valence-corrected chi connectivity index (χ0v) is 8.69. The van der Waals surface area contributed by atoms with Gasteiger partial charge in [-0.25, -0.2) is 0 Å². The average Bonchev–Trinajstić information content (AvgIpc) is 2.25. The van der Waals surface area contributed by atoms with E-state index in [0.717, 1.165) is 25.3 Å². The van der Waals surface area contributed by atoms with Crippen molar-refractivity contribution < 1.29 is 22.8 Å². The Bertz CT molecular complexity index is 434. The molecule has 0 aliphatic carbocycles. The van der Waals surface area contributed by atoms with Gasteiger partial charge in [0.1, 0.15) is 11.8 Å². The van der Waals surface area contributed by atoms with Gasteiger partial charge in [-0.3, -0.25) is 10.1 Å². The van der Waals surface area contributed by atoms with Crippen LogP contribution in [-0.4, -0.2) is 18.2 Å². The highest BCUT2D eigenvalue weighted by atomic mass is 19.4. The summed E-state index contributed by atoms with van der Waals surface area (Å²) < 4.78 is 41.9. The van der Waals surface area contributed by atoms with Crippen molar-refractivity contribution in [2.45, 2.75) is 12.2 Å². The van der Waals surface area contributed by atoms with E-state index < -0.39 is 17.1 Å². The topological polar surface area (TPSA) is 78.4 Å². The smallest absolute Gasteiger partial charge is 0.407 e. The van der Waals surface area contributed by atoms with Gasteiger partial charge >= 0.3 is 6.18 Å². The van der Waals surface area contributed by atoms with Crippen LogP contribution >= 0.6 is 0 Å². The summed E-state index contributed by atoms with van der Waals surface area (Å²) in [6, 6.07) is 0.553. The third kappa shape index (κ3) is 2.84. The van der Waals surface area contributed by atoms with Gasteiger partial charge in [0.25, 0.3) is 5.69 Å². The lowest BCUT2D eigenvalue weighted by Crippen LogP contribution is -2.28. The molecule has 0 aliphatic heterocycles. The maximum Gasteiger partial charge on any atom is 0.407 e. The molecule has 1 unspecified atom stereocenters. The molecule has 1 aromatic rings. The molecule has 17 heavy (non-hydrogen) atoms. The Morgan fingerprint density at radius 2 is 2.06 bits per heavy atom. The lowest BCUT2D eigenvalue weighted by atomic mass is 10.1. The van der Waals surface area contributed by atoms with E-state index in [9.17, 15) is 23.3 Å². The first kappa shape index (κ1) is 13.2. The second-order valence-corrected chi connectivity index (χ2v) is 3.20. The molecule has 2 N–H and O–H groups in total. The highest BCUT2D eigenvalue weighted by Crippen LogP contribution is 2.36. The number of nitrogens with zero attached hydrogens (tertiary/aromatic N) is 1. The highest BCUT2D eigenvalue weighted by molar-refractivity contribution is 5.46. The molecular weight excluding hydrogens is 241 g/mol. The van der Waals surface area contributed by atoms with Crippen molar-refractivity contribution >= 4 is 5.69 Å². The Labute approximate surface area is 94.1 Å². The molecule has 1 aromatic carbocycles. The number of non-ortho nitro benzene ring substituents is 1. The molecule has 0 saturated carbocycles. The number of benzene rings is 1. The monoisotopic (exact) mass is 250 g/mol. The first-order valence-electron chi connectivity index (χ1n) is 4.42. The summed E-state index contributed by atoms with van der Waals surface area (Å²) in [5.74, 6) is -0.260. The van der Waals surface area contributed by atoms with Crippen LogP contribution in [0, 0.1) is 10.1 Å². The molecule has 5 nitrogen and oxygen atoms in total. The number of alkyl halides is 3. The molecule has 1 rings (SSSR count). The summed E-state index contributed by atoms with van der Waals surface area (Å²) in [5.41, 5.74) is 4.30. The molecule has 0 heterocycles. The van der Waals surface area contributed by atoms with Crippen molar-refractivity contribution in [3.63, 3.8) is 0 Å². The number of nitro groups is 1. The number of nitro benzene ring substituents is 1. The molecule has 0 radical (unpaired) electrons. The standard InChI is InChI=1S/C9H9F3N2O3/c1-17-7-4-5(14(15)16)2-3-6(7)8(13)9(10,11)12/h2-4,8H,13H2,1H3. The summed E-state index contributed by atoms with van der Waals surface area (Å²) in [6.07, 6.45) is -4.64. The van der Waals surface area contributed by atoms with E-state index >= 15 is 0 Å². The van der Waals surface area contributed by atoms with Gasteiger partial charge in [0, 0.05) is 11.6 Å². The highest BCUT2D eigenvalue weighted by Gasteiger charge is 2.39. The molecular formula is C9H9F3N2O3. The van der Waals surface area contributed by atoms with E-state index in [0.29, 0.717) is 0 Å². The largest absolute Gasteiger partial charge is 0.496 e. The molecule has 0 fully saturated rings. The molecule has 1 atom stereocenters. The van der Waals surface area contributed by atoms with Crippen LogP contribution in [0.1, 0.15) is 11.6 Å². The summed E-state index contributed by atoms with van der Waals surface area (Å²) in [7, 11) is 1.12. The minimum absolute atomic E-state index is 0.260. The molecule has 94 valence electrons. The van der Waals surface area contributed by atoms with Gasteiger partial charge in [0.15, 0.2) is 0 Å². The zero-order chi connectivity index (χ0) is 13.2. The SMILES string of the molecule is COc1cc([N+](=O)[O-])ccc1C(N)C(F)(F)F. The predicted octanol–water partition coefficient (Wildman–Crippen LogP) is 2.17. The third-order valence-corrected chi connectivity index (χ3v) is 2.12. The van der Waals surface area contributed by atoms with Gasteiger partial charge in [-0.2, -0.15) is 13.2 Å². The molecule has 0 aromatic heterocycles. The van der Waals surface area contributed by atoms with Gasteiger partial charge in [0.05, 0.1) is 18.1 Å². The van der Waals surface area contributed by atoms with E-state index in [-0.39, 0.29) is 17.0 Å². The van der Waals surface area contributed by atoms with Crippen molar-refractivity contribution in [1.82, 2.24) is 0 Å². The second kappa shape index (κ2) is 4.58. The number of nitrogens with two attached hydrogens (primary N) is 1. The van der Waals surface area contributed by atoms with Gasteiger partial charge in [-0.1, -0.05) is 0 Å². The van der Waals surface area contributed by atoms with Crippen molar-refractivity contribution in [1.29, 1.82) is 0 Å². The van der Waals surface area contributed by atoms with Crippen LogP contribution in [-0.2, 0) is 0 Å². The normalized spacial score (nSPS) is 13.2. The minimum atomic E-state index is -4.64. The zero-order valence-electron chi connectivity index (χ0n) is 8.69. The average molecular weight is 250 g/mol. The summed E-state index contributed by atoms with van der Waals surface area (Å²) in [4.78, 5) is 9.71. The molecule has 0 aliphatic rings. The number of hydrogen-bond donors (Lipinski definition) is 1. The molecule has 0 spiro atoms. The Kier molecular flexibility index (Phi) is 3.56. The maximum absolute atomic E-state index is 12.4. The predicted molar refractivity (Wildman–Crippen MR) is 52.6 cm³/mol. The molecule has 8 heteroatoms. The van der Waals surface area contributed by atoms with Gasteiger partial charge in [0.2, 0.25) is 0 Å². The summed E-state index contributed by atoms with van der Waals surface area (Å²) >= 11 is 0. The van der Waals surface area contributed by atoms with Crippen molar-refractivity contribution in [3.8, 4) is 5.75 Å². The van der Waals surface area contributed by atoms with E-state index in [1.54, 1.807) is 0 Å². The van der Waals surface area contributed by atoms with Crippen LogP contribution in [0.25, 0.3) is 0 Å². The van der Waals surface area contributed by atoms with E-state index in [1.807, 2.05) is 0 Å². The first-order valence-corrected chi connectivity index (χ1v) is 4.42. The number of methoxy groups -OCH3 is 1. The number of hydrogen-bond acceptors (Lipinski definition) is 4. The van der Waals surface area contributed by atoms with Crippen molar-refractivity contribution in [2.75, 3.05) is 7.11 Å². The molecule has 0 saturated heterocycles. The maximum atomic E-state index is 12.4. The lowest BCUT2D eigenvalue weighted by Gasteiger charge is -2.18. The number of rotatable bonds is 3. The van der Waals surface area contributed by atoms with Crippen LogP contribution < -0.4 is 10.5 Å². The number of ether oxygens (including phenoxy) is 1. The fraction of sp³-hybridized carbons (Fsp3) is 0.333. The lowest BCUT2D eigenvalue weighted by molar-refractivity contribution is -0.385. The Morgan fingerprint density at radius 1 is 1.47 bits per heavy atom. The van der Waals surface area contributed by atoms with Gasteiger partial charge < -0.3 is 10.5 Å². The summed E-state index contributed by atoms with van der Waals surface area (Å²) in [5, 5.41) is 10.4. The fourth-order valence-electron chi connectivity index (χ4n) is 1.25. The first-order chi connectivity index (χ1) is 7.77. The summed E-state index contributed by atoms with van der Waals surface area (Å²) in [6.45, 7) is 0. The van der Waals surface area contributed by atoms with Crippen LogP contribution in [0.4, 0.5) is 18.9 Å². The van der Waals surface area contributed by atoms with Crippen LogP contribution in [0.2, 0.25) is 0 Å². The minimum Gasteiger partial charge on any atom is -0.496 e. The molecule has 0 amide bonds. The number of halogens is 3. The van der Waals surface area contributed by atoms with Gasteiger partial charge in [-0.15, -0.1) is 0 Å². The van der Waals surface area contributed by atoms with Crippen LogP contribution in [0.3, 0.4) is 0 Å².